The molecule has 0 aliphatic carbocycles. The molecule has 2 aliphatic heterocycles. The van der Waals surface area contributed by atoms with Gasteiger partial charge < -0.3 is 15.5 Å². The van der Waals surface area contributed by atoms with Gasteiger partial charge in [0.25, 0.3) is 0 Å². The third kappa shape index (κ3) is 5.91. The van der Waals surface area contributed by atoms with Gasteiger partial charge in [-0.2, -0.15) is 17.5 Å². The molecular weight excluding hydrogens is 516 g/mol. The summed E-state index contributed by atoms with van der Waals surface area (Å²) in [6.07, 6.45) is -4.74. The molecule has 2 heterocycles. The molecule has 0 radical (unpaired) electrons. The van der Waals surface area contributed by atoms with E-state index >= 15 is 0 Å². The predicted molar refractivity (Wildman–Crippen MR) is 130 cm³/mol. The zero-order valence-corrected chi connectivity index (χ0v) is 20.9. The number of sulfonamides is 1. The van der Waals surface area contributed by atoms with Crippen molar-refractivity contribution in [3.05, 3.63) is 53.8 Å². The Morgan fingerprint density at radius 3 is 2.30 bits per heavy atom. The number of hydrazine groups is 1. The fourth-order valence-corrected chi connectivity index (χ4v) is 6.39. The van der Waals surface area contributed by atoms with Gasteiger partial charge in [-0.25, -0.2) is 22.6 Å². The first-order valence-electron chi connectivity index (χ1n) is 11.7. The molecule has 14 heteroatoms. The Hall–Kier alpha value is -3.10. The Morgan fingerprint density at radius 1 is 1.00 bits per heavy atom. The fourth-order valence-electron chi connectivity index (χ4n) is 4.74. The molecular formula is C23H28F4N6O3S. The van der Waals surface area contributed by atoms with Gasteiger partial charge in [-0.1, -0.05) is 6.07 Å². The molecule has 2 fully saturated rings. The lowest BCUT2D eigenvalue weighted by molar-refractivity contribution is -0.137. The molecule has 2 aromatic rings. The number of halogens is 4. The normalized spacial score (nSPS) is 20.2. The molecule has 2 saturated heterocycles. The topological polar surface area (TPSA) is 102 Å². The summed E-state index contributed by atoms with van der Waals surface area (Å²) in [5.41, 5.74) is 7.11. The van der Waals surface area contributed by atoms with Gasteiger partial charge in [-0.3, -0.25) is 5.43 Å². The third-order valence-electron chi connectivity index (χ3n) is 6.51. The van der Waals surface area contributed by atoms with Gasteiger partial charge >= 0.3 is 12.2 Å². The lowest BCUT2D eigenvalue weighted by Crippen LogP contribution is -2.55. The average molecular weight is 545 g/mol. The van der Waals surface area contributed by atoms with E-state index in [9.17, 15) is 30.8 Å². The highest BCUT2D eigenvalue weighted by Gasteiger charge is 2.39. The minimum Gasteiger partial charge on any atom is -0.369 e. The number of alkyl halides is 3. The minimum absolute atomic E-state index is 0.0163. The minimum atomic E-state index is -4.74. The average Bonchev–Trinajstić information content (AvgIpc) is 2.83. The maximum Gasteiger partial charge on any atom is 0.418 e. The van der Waals surface area contributed by atoms with Crippen molar-refractivity contribution in [1.29, 1.82) is 0 Å². The molecule has 2 amide bonds. The standard InChI is InChI=1S/C23H28F4N6O3S/c1-16-15-31(21-6-5-17(24)13-20(21)23(25,26)27)9-12-33(16)37(35,36)19-4-2-3-18(14-19)30-7-10-32(11-8-30)29-22(28)34/h2-6,13-14,16H,7-12,15H2,1H3,(H3,28,29,34)/t16-/m1/s1. The Morgan fingerprint density at radius 2 is 1.68 bits per heavy atom. The number of anilines is 2. The van der Waals surface area contributed by atoms with E-state index in [1.807, 2.05) is 4.90 Å². The highest BCUT2D eigenvalue weighted by molar-refractivity contribution is 7.89. The molecule has 0 spiro atoms. The smallest absolute Gasteiger partial charge is 0.369 e. The van der Waals surface area contributed by atoms with Crippen molar-refractivity contribution in [1.82, 2.24) is 14.7 Å². The van der Waals surface area contributed by atoms with Crippen LogP contribution in [-0.2, 0) is 16.2 Å². The molecule has 37 heavy (non-hydrogen) atoms. The lowest BCUT2D eigenvalue weighted by Gasteiger charge is -2.41. The number of rotatable bonds is 5. The van der Waals surface area contributed by atoms with Gasteiger partial charge in [0.05, 0.1) is 10.5 Å². The number of carbonyl (C=O) groups excluding carboxylic acids is 1. The molecule has 1 atom stereocenters. The molecule has 9 nitrogen and oxygen atoms in total. The molecule has 0 bridgehead atoms. The summed E-state index contributed by atoms with van der Waals surface area (Å²) in [4.78, 5) is 14.6. The highest BCUT2D eigenvalue weighted by Crippen LogP contribution is 2.38. The van der Waals surface area contributed by atoms with Crippen LogP contribution in [0.3, 0.4) is 0 Å². The number of benzene rings is 2. The summed E-state index contributed by atoms with van der Waals surface area (Å²) in [6.45, 7) is 3.73. The van der Waals surface area contributed by atoms with Gasteiger partial charge in [-0.15, -0.1) is 0 Å². The van der Waals surface area contributed by atoms with Crippen molar-refractivity contribution >= 4 is 27.4 Å². The van der Waals surface area contributed by atoms with Gasteiger partial charge in [0.1, 0.15) is 5.82 Å². The van der Waals surface area contributed by atoms with E-state index in [4.69, 9.17) is 5.73 Å². The van der Waals surface area contributed by atoms with Crippen LogP contribution >= 0.6 is 0 Å². The molecule has 2 aromatic carbocycles. The second kappa shape index (κ2) is 10.3. The first-order valence-corrected chi connectivity index (χ1v) is 13.1. The number of urea groups is 1. The molecule has 3 N–H and O–H groups in total. The van der Waals surface area contributed by atoms with Crippen molar-refractivity contribution in [3.63, 3.8) is 0 Å². The second-order valence-corrected chi connectivity index (χ2v) is 10.9. The van der Waals surface area contributed by atoms with Crippen LogP contribution in [0.1, 0.15) is 12.5 Å². The van der Waals surface area contributed by atoms with E-state index in [1.165, 1.54) is 15.3 Å². The van der Waals surface area contributed by atoms with Crippen molar-refractivity contribution in [3.8, 4) is 0 Å². The molecule has 4 rings (SSSR count). The van der Waals surface area contributed by atoms with Crippen molar-refractivity contribution in [2.45, 2.75) is 24.0 Å². The van der Waals surface area contributed by atoms with Gasteiger partial charge in [0.15, 0.2) is 0 Å². The number of hydrogen-bond donors (Lipinski definition) is 2. The third-order valence-corrected chi connectivity index (χ3v) is 8.52. The number of hydrogen-bond acceptors (Lipinski definition) is 6. The Bertz CT molecular complexity index is 1250. The largest absolute Gasteiger partial charge is 0.418 e. The Labute approximate surface area is 212 Å². The monoisotopic (exact) mass is 544 g/mol. The van der Waals surface area contributed by atoms with E-state index in [0.29, 0.717) is 37.9 Å². The van der Waals surface area contributed by atoms with Crippen LogP contribution in [0.2, 0.25) is 0 Å². The van der Waals surface area contributed by atoms with Crippen LogP contribution in [0.25, 0.3) is 0 Å². The van der Waals surface area contributed by atoms with Crippen molar-refractivity contribution in [2.24, 2.45) is 5.73 Å². The summed E-state index contributed by atoms with van der Waals surface area (Å²) in [5.74, 6) is -0.990. The number of carbonyl (C=O) groups is 1. The van der Waals surface area contributed by atoms with E-state index in [2.05, 4.69) is 5.43 Å². The van der Waals surface area contributed by atoms with Crippen LogP contribution in [0.5, 0.6) is 0 Å². The van der Waals surface area contributed by atoms with E-state index in [-0.39, 0.29) is 30.2 Å². The number of primary amides is 1. The zero-order chi connectivity index (χ0) is 27.0. The van der Waals surface area contributed by atoms with Crippen LogP contribution in [0, 0.1) is 5.82 Å². The lowest BCUT2D eigenvalue weighted by atomic mass is 10.1. The number of nitrogens with one attached hydrogen (secondary N) is 1. The summed E-state index contributed by atoms with van der Waals surface area (Å²) in [7, 11) is -3.94. The summed E-state index contributed by atoms with van der Waals surface area (Å²) >= 11 is 0. The van der Waals surface area contributed by atoms with E-state index in [1.54, 1.807) is 30.1 Å². The summed E-state index contributed by atoms with van der Waals surface area (Å²) < 4.78 is 82.4. The maximum atomic E-state index is 13.5. The van der Waals surface area contributed by atoms with Gasteiger partial charge in [0, 0.05) is 63.2 Å². The summed E-state index contributed by atoms with van der Waals surface area (Å²) in [6, 6.07) is 7.73. The van der Waals surface area contributed by atoms with Crippen LogP contribution in [-0.4, -0.2) is 75.6 Å². The van der Waals surface area contributed by atoms with Crippen molar-refractivity contribution in [2.75, 3.05) is 55.6 Å². The van der Waals surface area contributed by atoms with Gasteiger partial charge in [-0.05, 0) is 43.3 Å². The summed E-state index contributed by atoms with van der Waals surface area (Å²) in [5, 5.41) is 1.69. The highest BCUT2D eigenvalue weighted by atomic mass is 32.2. The maximum absolute atomic E-state index is 13.5. The predicted octanol–water partition coefficient (Wildman–Crippen LogP) is 2.45. The molecule has 202 valence electrons. The number of nitrogens with two attached hydrogens (primary N) is 1. The molecule has 0 unspecified atom stereocenters. The quantitative estimate of drug-likeness (QED) is 0.561. The van der Waals surface area contributed by atoms with E-state index in [0.717, 1.165) is 12.1 Å². The Kier molecular flexibility index (Phi) is 7.53. The van der Waals surface area contributed by atoms with Crippen LogP contribution < -0.4 is 21.0 Å². The molecule has 2 aliphatic rings. The molecule has 0 aromatic heterocycles. The Balaban J connectivity index is 1.49. The second-order valence-electron chi connectivity index (χ2n) is 9.02. The number of amides is 2. The van der Waals surface area contributed by atoms with Crippen LogP contribution in [0.15, 0.2) is 47.4 Å². The van der Waals surface area contributed by atoms with Crippen LogP contribution in [0.4, 0.5) is 33.7 Å². The SMILES string of the molecule is C[C@@H]1CN(c2ccc(F)cc2C(F)(F)F)CCN1S(=O)(=O)c1cccc(N2CCN(NC(N)=O)CC2)c1. The number of nitrogens with zero attached hydrogens (tertiary/aromatic N) is 4. The molecule has 0 saturated carbocycles. The van der Waals surface area contributed by atoms with Crippen molar-refractivity contribution < 1.29 is 30.8 Å². The first-order chi connectivity index (χ1) is 17.4. The number of piperazine rings is 2. The fraction of sp³-hybridized carbons (Fsp3) is 0.435. The first kappa shape index (κ1) is 26.9. The van der Waals surface area contributed by atoms with Gasteiger partial charge in [0.2, 0.25) is 10.0 Å². The van der Waals surface area contributed by atoms with E-state index < -0.39 is 39.7 Å². The zero-order valence-electron chi connectivity index (χ0n) is 20.1.